The number of aryl methyl sites for hydroxylation is 1. The van der Waals surface area contributed by atoms with E-state index in [0.29, 0.717) is 16.0 Å². The molecule has 0 bridgehead atoms. The molecule has 21 heavy (non-hydrogen) atoms. The number of sulfonamides is 1. The zero-order valence-corrected chi connectivity index (χ0v) is 14.4. The highest BCUT2D eigenvalue weighted by Gasteiger charge is 2.30. The van der Waals surface area contributed by atoms with Crippen molar-refractivity contribution in [2.24, 2.45) is 0 Å². The van der Waals surface area contributed by atoms with Crippen LogP contribution >= 0.6 is 27.3 Å². The molecule has 114 valence electrons. The Morgan fingerprint density at radius 1 is 1.48 bits per heavy atom. The van der Waals surface area contributed by atoms with Gasteiger partial charge in [0, 0.05) is 7.05 Å². The zero-order chi connectivity index (χ0) is 15.8. The molecule has 2 rings (SSSR count). The van der Waals surface area contributed by atoms with Gasteiger partial charge in [0.25, 0.3) is 0 Å². The van der Waals surface area contributed by atoms with E-state index in [4.69, 9.17) is 9.52 Å². The molecule has 2 aromatic rings. The molecule has 6 nitrogen and oxygen atoms in total. The molecule has 0 fully saturated rings. The summed E-state index contributed by atoms with van der Waals surface area (Å²) in [7, 11) is -2.52. The standard InChI is InChI=1S/C12H12BrNO5S2/c1-7-6-20-10(12(15)16)11(7)21(17,18)14(2)5-8-3-4-9(13)19-8/h3-4,6H,5H2,1-2H3,(H,15,16). The van der Waals surface area contributed by atoms with Crippen LogP contribution in [0.5, 0.6) is 0 Å². The largest absolute Gasteiger partial charge is 0.477 e. The van der Waals surface area contributed by atoms with Gasteiger partial charge in [-0.15, -0.1) is 11.3 Å². The van der Waals surface area contributed by atoms with Gasteiger partial charge in [0.1, 0.15) is 15.5 Å². The maximum absolute atomic E-state index is 12.6. The van der Waals surface area contributed by atoms with Crippen molar-refractivity contribution in [1.29, 1.82) is 0 Å². The first-order chi connectivity index (χ1) is 9.73. The van der Waals surface area contributed by atoms with Crippen LogP contribution in [0.25, 0.3) is 0 Å². The Balaban J connectivity index is 2.37. The molecular formula is C12H12BrNO5S2. The summed E-state index contributed by atoms with van der Waals surface area (Å²) in [6.45, 7) is 1.59. The van der Waals surface area contributed by atoms with Gasteiger partial charge in [0.2, 0.25) is 10.0 Å². The first-order valence-electron chi connectivity index (χ1n) is 5.75. The number of rotatable bonds is 5. The number of halogens is 1. The van der Waals surface area contributed by atoms with E-state index in [0.717, 1.165) is 15.6 Å². The van der Waals surface area contributed by atoms with E-state index in [-0.39, 0.29) is 16.3 Å². The van der Waals surface area contributed by atoms with E-state index in [1.165, 1.54) is 12.4 Å². The quantitative estimate of drug-likeness (QED) is 0.843. The second-order valence-electron chi connectivity index (χ2n) is 4.35. The number of hydrogen-bond donors (Lipinski definition) is 1. The fourth-order valence-corrected chi connectivity index (χ4v) is 4.85. The average Bonchev–Trinajstić information content (AvgIpc) is 2.95. The van der Waals surface area contributed by atoms with E-state index in [1.54, 1.807) is 19.1 Å². The molecule has 0 saturated heterocycles. The van der Waals surface area contributed by atoms with Crippen molar-refractivity contribution in [2.75, 3.05) is 7.05 Å². The summed E-state index contributed by atoms with van der Waals surface area (Å²) in [6, 6.07) is 3.31. The molecule has 1 N–H and O–H groups in total. The van der Waals surface area contributed by atoms with E-state index in [9.17, 15) is 13.2 Å². The molecule has 0 unspecified atom stereocenters. The lowest BCUT2D eigenvalue weighted by atomic mass is 10.3. The van der Waals surface area contributed by atoms with Gasteiger partial charge in [-0.25, -0.2) is 13.2 Å². The lowest BCUT2D eigenvalue weighted by molar-refractivity contribution is 0.0698. The monoisotopic (exact) mass is 393 g/mol. The second-order valence-corrected chi connectivity index (χ2v) is 7.99. The fraction of sp³-hybridized carbons (Fsp3) is 0.250. The van der Waals surface area contributed by atoms with Crippen molar-refractivity contribution in [1.82, 2.24) is 4.31 Å². The van der Waals surface area contributed by atoms with Gasteiger partial charge in [-0.05, 0) is 45.9 Å². The molecule has 0 aliphatic rings. The third kappa shape index (κ3) is 3.20. The van der Waals surface area contributed by atoms with Crippen LogP contribution in [-0.4, -0.2) is 30.8 Å². The molecule has 0 amide bonds. The third-order valence-corrected chi connectivity index (χ3v) is 6.42. The van der Waals surface area contributed by atoms with Gasteiger partial charge in [-0.2, -0.15) is 4.31 Å². The summed E-state index contributed by atoms with van der Waals surface area (Å²) < 4.78 is 32.0. The number of nitrogens with zero attached hydrogens (tertiary/aromatic N) is 1. The van der Waals surface area contributed by atoms with Gasteiger partial charge in [0.15, 0.2) is 4.67 Å². The van der Waals surface area contributed by atoms with Crippen molar-refractivity contribution in [3.63, 3.8) is 0 Å². The minimum Gasteiger partial charge on any atom is -0.477 e. The van der Waals surface area contributed by atoms with E-state index in [2.05, 4.69) is 15.9 Å². The van der Waals surface area contributed by atoms with Crippen LogP contribution in [0.2, 0.25) is 0 Å². The van der Waals surface area contributed by atoms with Gasteiger partial charge < -0.3 is 9.52 Å². The normalized spacial score (nSPS) is 12.0. The first-order valence-corrected chi connectivity index (χ1v) is 8.86. The summed E-state index contributed by atoms with van der Waals surface area (Å²) >= 11 is 4.05. The number of carboxylic acid groups (broad SMARTS) is 1. The number of hydrogen-bond acceptors (Lipinski definition) is 5. The predicted octanol–water partition coefficient (Wildman–Crippen LogP) is 2.93. The lowest BCUT2D eigenvalue weighted by Gasteiger charge is -2.16. The lowest BCUT2D eigenvalue weighted by Crippen LogP contribution is -2.27. The van der Waals surface area contributed by atoms with Crippen LogP contribution in [0.1, 0.15) is 21.0 Å². The second kappa shape index (κ2) is 5.91. The number of furan rings is 1. The molecular weight excluding hydrogens is 382 g/mol. The van der Waals surface area contributed by atoms with E-state index < -0.39 is 16.0 Å². The Morgan fingerprint density at radius 2 is 2.14 bits per heavy atom. The molecule has 0 radical (unpaired) electrons. The van der Waals surface area contributed by atoms with Gasteiger partial charge in [0.05, 0.1) is 6.54 Å². The summed E-state index contributed by atoms with van der Waals surface area (Å²) in [5.41, 5.74) is 0.421. The summed E-state index contributed by atoms with van der Waals surface area (Å²) in [6.07, 6.45) is 0. The van der Waals surface area contributed by atoms with Gasteiger partial charge in [-0.3, -0.25) is 0 Å². The molecule has 2 aromatic heterocycles. The minimum absolute atomic E-state index is 0.0161. The highest BCUT2D eigenvalue weighted by atomic mass is 79.9. The zero-order valence-electron chi connectivity index (χ0n) is 11.2. The van der Waals surface area contributed by atoms with Crippen LogP contribution in [0.4, 0.5) is 0 Å². The highest BCUT2D eigenvalue weighted by Crippen LogP contribution is 2.30. The van der Waals surface area contributed by atoms with E-state index in [1.807, 2.05) is 0 Å². The third-order valence-electron chi connectivity index (χ3n) is 2.79. The molecule has 0 atom stereocenters. The Bertz CT molecular complexity index is 777. The Labute approximate surface area is 134 Å². The number of aromatic carboxylic acids is 1. The predicted molar refractivity (Wildman–Crippen MR) is 81.1 cm³/mol. The van der Waals surface area contributed by atoms with Crippen molar-refractivity contribution in [3.05, 3.63) is 38.4 Å². The Hall–Kier alpha value is -1.16. The van der Waals surface area contributed by atoms with Gasteiger partial charge in [-0.1, -0.05) is 0 Å². The van der Waals surface area contributed by atoms with Crippen molar-refractivity contribution in [3.8, 4) is 0 Å². The highest BCUT2D eigenvalue weighted by molar-refractivity contribution is 9.10. The topological polar surface area (TPSA) is 87.8 Å². The molecule has 9 heteroatoms. The average molecular weight is 394 g/mol. The van der Waals surface area contributed by atoms with Gasteiger partial charge >= 0.3 is 5.97 Å². The fourth-order valence-electron chi connectivity index (χ4n) is 1.80. The maximum Gasteiger partial charge on any atom is 0.347 e. The first kappa shape index (κ1) is 16.2. The van der Waals surface area contributed by atoms with E-state index >= 15 is 0 Å². The number of carboxylic acids is 1. The minimum atomic E-state index is -3.90. The van der Waals surface area contributed by atoms with Crippen LogP contribution in [0.15, 0.2) is 31.5 Å². The van der Waals surface area contributed by atoms with Crippen LogP contribution in [0.3, 0.4) is 0 Å². The van der Waals surface area contributed by atoms with Crippen molar-refractivity contribution < 1.29 is 22.7 Å². The Morgan fingerprint density at radius 3 is 2.67 bits per heavy atom. The molecule has 0 aliphatic heterocycles. The molecule has 0 aromatic carbocycles. The van der Waals surface area contributed by atoms with Crippen LogP contribution in [0, 0.1) is 6.92 Å². The summed E-state index contributed by atoms with van der Waals surface area (Å²) in [5.74, 6) is -0.793. The number of thiophene rings is 1. The molecule has 0 saturated carbocycles. The summed E-state index contributed by atoms with van der Waals surface area (Å²) in [5, 5.41) is 10.6. The smallest absolute Gasteiger partial charge is 0.347 e. The van der Waals surface area contributed by atoms with Crippen LogP contribution < -0.4 is 0 Å². The Kier molecular flexibility index (Phi) is 4.57. The molecule has 0 aliphatic carbocycles. The SMILES string of the molecule is Cc1csc(C(=O)O)c1S(=O)(=O)N(C)Cc1ccc(Br)o1. The van der Waals surface area contributed by atoms with Crippen molar-refractivity contribution in [2.45, 2.75) is 18.4 Å². The number of carbonyl (C=O) groups is 1. The van der Waals surface area contributed by atoms with Crippen LogP contribution in [-0.2, 0) is 16.6 Å². The van der Waals surface area contributed by atoms with Crippen molar-refractivity contribution >= 4 is 43.3 Å². The molecule has 2 heterocycles. The maximum atomic E-state index is 12.6. The summed E-state index contributed by atoms with van der Waals surface area (Å²) in [4.78, 5) is 10.8. The molecule has 0 spiro atoms.